The van der Waals surface area contributed by atoms with Crippen LogP contribution in [0.2, 0.25) is 0 Å². The molecule has 0 atom stereocenters. The number of hydrogen-bond donors (Lipinski definition) is 2. The Balaban J connectivity index is 1.93. The zero-order valence-corrected chi connectivity index (χ0v) is 13.3. The first-order chi connectivity index (χ1) is 10.0. The van der Waals surface area contributed by atoms with Crippen molar-refractivity contribution in [3.8, 4) is 0 Å². The Morgan fingerprint density at radius 3 is 2.90 bits per heavy atom. The maximum absolute atomic E-state index is 11.9. The summed E-state index contributed by atoms with van der Waals surface area (Å²) in [5.74, 6) is -0.134. The van der Waals surface area contributed by atoms with Crippen LogP contribution in [0.5, 0.6) is 0 Å². The van der Waals surface area contributed by atoms with Crippen LogP contribution in [0.4, 0.5) is 10.8 Å². The third-order valence-electron chi connectivity index (χ3n) is 2.85. The van der Waals surface area contributed by atoms with E-state index in [4.69, 9.17) is 0 Å². The second kappa shape index (κ2) is 7.19. The van der Waals surface area contributed by atoms with Gasteiger partial charge in [0.15, 0.2) is 5.13 Å². The fraction of sp³-hybridized carbons (Fsp3) is 0.333. The zero-order valence-electron chi connectivity index (χ0n) is 12.5. The van der Waals surface area contributed by atoms with Crippen LogP contribution in [0.25, 0.3) is 0 Å². The Labute approximate surface area is 129 Å². The molecule has 0 unspecified atom stereocenters. The van der Waals surface area contributed by atoms with Crippen LogP contribution in [0.15, 0.2) is 29.6 Å². The molecule has 1 heterocycles. The lowest BCUT2D eigenvalue weighted by molar-refractivity contribution is 0.0947. The van der Waals surface area contributed by atoms with E-state index in [1.807, 2.05) is 50.2 Å². The third kappa shape index (κ3) is 4.84. The highest BCUT2D eigenvalue weighted by Gasteiger charge is 2.10. The number of likely N-dealkylation sites (N-methyl/N-ethyl adjacent to an activating group) is 1. The maximum Gasteiger partial charge on any atom is 0.270 e. The van der Waals surface area contributed by atoms with Crippen molar-refractivity contribution < 1.29 is 4.79 Å². The van der Waals surface area contributed by atoms with E-state index in [-0.39, 0.29) is 5.91 Å². The minimum Gasteiger partial charge on any atom is -0.349 e. The quantitative estimate of drug-likeness (QED) is 0.861. The molecule has 0 radical (unpaired) electrons. The van der Waals surface area contributed by atoms with Crippen LogP contribution in [0, 0.1) is 6.92 Å². The summed E-state index contributed by atoms with van der Waals surface area (Å²) >= 11 is 1.42. The van der Waals surface area contributed by atoms with Gasteiger partial charge in [0.2, 0.25) is 0 Å². The smallest absolute Gasteiger partial charge is 0.270 e. The molecule has 0 bridgehead atoms. The van der Waals surface area contributed by atoms with Gasteiger partial charge in [-0.05, 0) is 38.7 Å². The molecule has 2 N–H and O–H groups in total. The number of carbonyl (C=O) groups excluding carboxylic acids is 1. The number of carbonyl (C=O) groups is 1. The van der Waals surface area contributed by atoms with E-state index in [1.54, 1.807) is 5.38 Å². The largest absolute Gasteiger partial charge is 0.349 e. The summed E-state index contributed by atoms with van der Waals surface area (Å²) in [5, 5.41) is 8.55. The third-order valence-corrected chi connectivity index (χ3v) is 3.61. The van der Waals surface area contributed by atoms with E-state index in [2.05, 4.69) is 15.6 Å². The van der Waals surface area contributed by atoms with Crippen molar-refractivity contribution in [2.45, 2.75) is 6.92 Å². The van der Waals surface area contributed by atoms with E-state index in [0.717, 1.165) is 17.4 Å². The number of thiazole rings is 1. The zero-order chi connectivity index (χ0) is 15.2. The minimum absolute atomic E-state index is 0.134. The number of rotatable bonds is 6. The fourth-order valence-electron chi connectivity index (χ4n) is 1.77. The van der Waals surface area contributed by atoms with Crippen molar-refractivity contribution in [3.63, 3.8) is 0 Å². The highest BCUT2D eigenvalue weighted by Crippen LogP contribution is 2.21. The predicted octanol–water partition coefficient (Wildman–Crippen LogP) is 2.49. The number of aryl methyl sites for hydroxylation is 1. The van der Waals surface area contributed by atoms with E-state index < -0.39 is 0 Å². The Hall–Kier alpha value is -1.92. The van der Waals surface area contributed by atoms with Crippen LogP contribution in [0.1, 0.15) is 16.1 Å². The van der Waals surface area contributed by atoms with Gasteiger partial charge < -0.3 is 15.5 Å². The molecule has 2 aromatic rings. The second-order valence-corrected chi connectivity index (χ2v) is 5.95. The second-order valence-electron chi connectivity index (χ2n) is 5.09. The minimum atomic E-state index is -0.134. The molecule has 5 nitrogen and oxygen atoms in total. The Morgan fingerprint density at radius 1 is 1.38 bits per heavy atom. The van der Waals surface area contributed by atoms with Gasteiger partial charge in [-0.3, -0.25) is 4.79 Å². The van der Waals surface area contributed by atoms with Gasteiger partial charge in [0, 0.05) is 24.2 Å². The van der Waals surface area contributed by atoms with Gasteiger partial charge >= 0.3 is 0 Å². The molecule has 1 aromatic carbocycles. The normalized spacial score (nSPS) is 10.7. The molecule has 0 aliphatic rings. The van der Waals surface area contributed by atoms with E-state index in [1.165, 1.54) is 16.9 Å². The number of aromatic nitrogens is 1. The number of nitrogens with one attached hydrogen (secondary N) is 2. The number of nitrogens with zero attached hydrogens (tertiary/aromatic N) is 2. The summed E-state index contributed by atoms with van der Waals surface area (Å²) in [5.41, 5.74) is 2.61. The van der Waals surface area contributed by atoms with E-state index >= 15 is 0 Å². The van der Waals surface area contributed by atoms with Crippen LogP contribution in [-0.4, -0.2) is 43.0 Å². The van der Waals surface area contributed by atoms with Crippen molar-refractivity contribution in [2.24, 2.45) is 0 Å². The SMILES string of the molecule is Cc1cccc(Nc2nc(C(=O)NCCN(C)C)cs2)c1. The highest BCUT2D eigenvalue weighted by atomic mass is 32.1. The number of benzene rings is 1. The summed E-state index contributed by atoms with van der Waals surface area (Å²) in [6.07, 6.45) is 0. The van der Waals surface area contributed by atoms with Crippen LogP contribution < -0.4 is 10.6 Å². The van der Waals surface area contributed by atoms with Crippen molar-refractivity contribution in [1.82, 2.24) is 15.2 Å². The molecule has 1 aromatic heterocycles. The van der Waals surface area contributed by atoms with Gasteiger partial charge in [-0.15, -0.1) is 11.3 Å². The standard InChI is InChI=1S/C15H20N4OS/c1-11-5-4-6-12(9-11)17-15-18-13(10-21-15)14(20)16-7-8-19(2)3/h4-6,9-10H,7-8H2,1-3H3,(H,16,20)(H,17,18). The van der Waals surface area contributed by atoms with Crippen LogP contribution in [0.3, 0.4) is 0 Å². The molecular weight excluding hydrogens is 284 g/mol. The van der Waals surface area contributed by atoms with Gasteiger partial charge in [-0.25, -0.2) is 4.98 Å². The first-order valence-electron chi connectivity index (χ1n) is 6.77. The van der Waals surface area contributed by atoms with Crippen molar-refractivity contribution in [2.75, 3.05) is 32.5 Å². The van der Waals surface area contributed by atoms with Gasteiger partial charge in [0.1, 0.15) is 5.69 Å². The lowest BCUT2D eigenvalue weighted by Gasteiger charge is -2.09. The van der Waals surface area contributed by atoms with E-state index in [0.29, 0.717) is 12.2 Å². The van der Waals surface area contributed by atoms with Gasteiger partial charge in [0.05, 0.1) is 0 Å². The highest BCUT2D eigenvalue weighted by molar-refractivity contribution is 7.14. The lowest BCUT2D eigenvalue weighted by Crippen LogP contribution is -2.31. The maximum atomic E-state index is 11.9. The molecule has 6 heteroatoms. The van der Waals surface area contributed by atoms with Crippen molar-refractivity contribution >= 4 is 28.1 Å². The summed E-state index contributed by atoms with van der Waals surface area (Å²) in [4.78, 5) is 18.3. The predicted molar refractivity (Wildman–Crippen MR) is 87.5 cm³/mol. The van der Waals surface area contributed by atoms with Crippen molar-refractivity contribution in [3.05, 3.63) is 40.9 Å². The summed E-state index contributed by atoms with van der Waals surface area (Å²) in [6.45, 7) is 3.46. The Morgan fingerprint density at radius 2 is 2.19 bits per heavy atom. The molecule has 0 aliphatic carbocycles. The molecule has 0 saturated heterocycles. The van der Waals surface area contributed by atoms with Crippen LogP contribution >= 0.6 is 11.3 Å². The molecule has 0 saturated carbocycles. The monoisotopic (exact) mass is 304 g/mol. The van der Waals surface area contributed by atoms with Crippen molar-refractivity contribution in [1.29, 1.82) is 0 Å². The number of anilines is 2. The molecule has 0 fully saturated rings. The molecule has 112 valence electrons. The van der Waals surface area contributed by atoms with Gasteiger partial charge in [-0.1, -0.05) is 12.1 Å². The average Bonchev–Trinajstić information content (AvgIpc) is 2.87. The first kappa shape index (κ1) is 15.5. The molecular formula is C15H20N4OS. The molecule has 0 spiro atoms. The first-order valence-corrected chi connectivity index (χ1v) is 7.65. The Bertz CT molecular complexity index is 609. The Kier molecular flexibility index (Phi) is 5.30. The topological polar surface area (TPSA) is 57.3 Å². The molecule has 0 aliphatic heterocycles. The molecule has 1 amide bonds. The molecule has 2 rings (SSSR count). The summed E-state index contributed by atoms with van der Waals surface area (Å²) in [6, 6.07) is 8.04. The van der Waals surface area contributed by atoms with Gasteiger partial charge in [0.25, 0.3) is 5.91 Å². The number of hydrogen-bond acceptors (Lipinski definition) is 5. The number of amides is 1. The van der Waals surface area contributed by atoms with Crippen LogP contribution in [-0.2, 0) is 0 Å². The average molecular weight is 304 g/mol. The lowest BCUT2D eigenvalue weighted by atomic mass is 10.2. The molecule has 21 heavy (non-hydrogen) atoms. The summed E-state index contributed by atoms with van der Waals surface area (Å²) < 4.78 is 0. The summed E-state index contributed by atoms with van der Waals surface area (Å²) in [7, 11) is 3.94. The fourth-order valence-corrected chi connectivity index (χ4v) is 2.48. The van der Waals surface area contributed by atoms with E-state index in [9.17, 15) is 4.79 Å². The van der Waals surface area contributed by atoms with Gasteiger partial charge in [-0.2, -0.15) is 0 Å².